The zero-order valence-electron chi connectivity index (χ0n) is 8.19. The summed E-state index contributed by atoms with van der Waals surface area (Å²) >= 11 is 0. The van der Waals surface area contributed by atoms with Crippen LogP contribution in [0.4, 0.5) is 4.79 Å². The number of alkyl carbamates (subject to hydrolysis) is 1. The molecule has 0 aliphatic rings. The van der Waals surface area contributed by atoms with Crippen LogP contribution in [0.1, 0.15) is 26.7 Å². The van der Waals surface area contributed by atoms with Gasteiger partial charge in [-0.2, -0.15) is 0 Å². The minimum absolute atomic E-state index is 0.487. The Balaban J connectivity index is 3.55. The minimum atomic E-state index is -1.19. The van der Waals surface area contributed by atoms with Gasteiger partial charge in [0.05, 0.1) is 0 Å². The van der Waals surface area contributed by atoms with Crippen LogP contribution >= 0.6 is 0 Å². The summed E-state index contributed by atoms with van der Waals surface area (Å²) in [6.07, 6.45) is -0.125. The van der Waals surface area contributed by atoms with Gasteiger partial charge in [0.1, 0.15) is 0 Å². The smallest absolute Gasteiger partial charge is 0.409 e. The molecular formula is C7H14N2O5. The molecule has 7 nitrogen and oxygen atoms in total. The van der Waals surface area contributed by atoms with Crippen LogP contribution in [0.15, 0.2) is 0 Å². The highest BCUT2D eigenvalue weighted by Gasteiger charge is 2.11. The summed E-state index contributed by atoms with van der Waals surface area (Å²) in [5.41, 5.74) is 0. The van der Waals surface area contributed by atoms with Crippen molar-refractivity contribution in [1.29, 1.82) is 0 Å². The van der Waals surface area contributed by atoms with Crippen LogP contribution in [0.5, 0.6) is 0 Å². The molecule has 82 valence electrons. The molecule has 0 heterocycles. The zero-order chi connectivity index (χ0) is 11.0. The van der Waals surface area contributed by atoms with Gasteiger partial charge in [-0.3, -0.25) is 4.84 Å². The molecule has 0 bridgehead atoms. The molecule has 0 saturated heterocycles. The molecule has 0 aliphatic heterocycles. The Morgan fingerprint density at radius 1 is 1.64 bits per heavy atom. The standard InChI is InChI=1S/C7H14N2O5/c1-3-4-5-8-7(10)13-6(2)14-9(11)12/h6H,3-5H2,1-2H3,(H,8,10). The fraction of sp³-hybridized carbons (Fsp3) is 0.857. The number of hydrogen-bond acceptors (Lipinski definition) is 5. The van der Waals surface area contributed by atoms with E-state index < -0.39 is 17.5 Å². The molecule has 0 rings (SSSR count). The van der Waals surface area contributed by atoms with E-state index in [4.69, 9.17) is 0 Å². The molecule has 1 amide bonds. The summed E-state index contributed by atoms with van der Waals surface area (Å²) in [5.74, 6) is 0. The van der Waals surface area contributed by atoms with Crippen molar-refractivity contribution in [3.8, 4) is 0 Å². The van der Waals surface area contributed by atoms with Crippen LogP contribution in [0, 0.1) is 10.1 Å². The fourth-order valence-corrected chi connectivity index (χ4v) is 0.702. The first-order valence-corrected chi connectivity index (χ1v) is 4.32. The molecule has 0 spiro atoms. The molecule has 0 fully saturated rings. The number of rotatable bonds is 6. The highest BCUT2D eigenvalue weighted by atomic mass is 17.0. The van der Waals surface area contributed by atoms with Gasteiger partial charge in [0.25, 0.3) is 5.09 Å². The largest absolute Gasteiger partial charge is 0.419 e. The summed E-state index contributed by atoms with van der Waals surface area (Å²) in [4.78, 5) is 24.7. The molecule has 0 aliphatic carbocycles. The minimum Gasteiger partial charge on any atom is -0.419 e. The van der Waals surface area contributed by atoms with Crippen LogP contribution in [0.25, 0.3) is 0 Å². The van der Waals surface area contributed by atoms with Crippen molar-refractivity contribution in [1.82, 2.24) is 5.32 Å². The molecule has 0 aromatic carbocycles. The number of hydrogen-bond donors (Lipinski definition) is 1. The van der Waals surface area contributed by atoms with Crippen molar-refractivity contribution in [2.24, 2.45) is 0 Å². The summed E-state index contributed by atoms with van der Waals surface area (Å²) in [7, 11) is 0. The van der Waals surface area contributed by atoms with E-state index in [9.17, 15) is 14.9 Å². The van der Waals surface area contributed by atoms with Crippen LogP contribution in [-0.4, -0.2) is 24.0 Å². The second-order valence-electron chi connectivity index (χ2n) is 2.58. The number of amides is 1. The Hall–Kier alpha value is -1.53. The van der Waals surface area contributed by atoms with Crippen LogP contribution in [0.2, 0.25) is 0 Å². The summed E-state index contributed by atoms with van der Waals surface area (Å²) in [5, 5.41) is 11.2. The maximum Gasteiger partial charge on any atom is 0.409 e. The number of nitrogens with one attached hydrogen (secondary N) is 1. The predicted molar refractivity (Wildman–Crippen MR) is 46.9 cm³/mol. The molecule has 0 aromatic heterocycles. The lowest BCUT2D eigenvalue weighted by atomic mass is 10.3. The van der Waals surface area contributed by atoms with Crippen molar-refractivity contribution >= 4 is 6.09 Å². The van der Waals surface area contributed by atoms with Crippen LogP contribution in [0.3, 0.4) is 0 Å². The van der Waals surface area contributed by atoms with Crippen molar-refractivity contribution in [3.63, 3.8) is 0 Å². The van der Waals surface area contributed by atoms with E-state index in [1.807, 2.05) is 6.92 Å². The first kappa shape index (κ1) is 12.5. The van der Waals surface area contributed by atoms with Crippen LogP contribution in [-0.2, 0) is 9.57 Å². The number of unbranched alkanes of at least 4 members (excludes halogenated alkanes) is 1. The highest BCUT2D eigenvalue weighted by Crippen LogP contribution is 1.94. The molecule has 0 saturated carbocycles. The van der Waals surface area contributed by atoms with E-state index in [0.29, 0.717) is 6.54 Å². The third-order valence-electron chi connectivity index (χ3n) is 1.31. The Kier molecular flexibility index (Phi) is 6.17. The highest BCUT2D eigenvalue weighted by molar-refractivity contribution is 5.67. The number of nitrogens with zero attached hydrogens (tertiary/aromatic N) is 1. The van der Waals surface area contributed by atoms with Gasteiger partial charge >= 0.3 is 6.09 Å². The predicted octanol–water partition coefficient (Wildman–Crippen LogP) is 1.07. The van der Waals surface area contributed by atoms with Gasteiger partial charge in [-0.05, 0) is 13.3 Å². The Morgan fingerprint density at radius 2 is 2.29 bits per heavy atom. The average Bonchev–Trinajstić information content (AvgIpc) is 2.02. The van der Waals surface area contributed by atoms with E-state index in [1.165, 1.54) is 6.92 Å². The van der Waals surface area contributed by atoms with Crippen molar-refractivity contribution < 1.29 is 19.5 Å². The van der Waals surface area contributed by atoms with Crippen molar-refractivity contribution in [2.75, 3.05) is 6.54 Å². The van der Waals surface area contributed by atoms with E-state index >= 15 is 0 Å². The molecule has 0 aromatic rings. The monoisotopic (exact) mass is 206 g/mol. The second-order valence-corrected chi connectivity index (χ2v) is 2.58. The second kappa shape index (κ2) is 6.93. The van der Waals surface area contributed by atoms with Gasteiger partial charge in [-0.1, -0.05) is 13.3 Å². The molecule has 0 radical (unpaired) electrons. The summed E-state index contributed by atoms with van der Waals surface area (Å²) < 4.78 is 4.49. The van der Waals surface area contributed by atoms with E-state index in [0.717, 1.165) is 12.8 Å². The Bertz CT molecular complexity index is 197. The number of ether oxygens (including phenoxy) is 1. The average molecular weight is 206 g/mol. The molecule has 1 unspecified atom stereocenters. The third-order valence-corrected chi connectivity index (χ3v) is 1.31. The molecular weight excluding hydrogens is 192 g/mol. The third kappa shape index (κ3) is 7.14. The quantitative estimate of drug-likeness (QED) is 0.304. The maximum absolute atomic E-state index is 10.9. The van der Waals surface area contributed by atoms with Gasteiger partial charge in [0, 0.05) is 6.54 Å². The molecule has 7 heteroatoms. The van der Waals surface area contributed by atoms with Crippen molar-refractivity contribution in [3.05, 3.63) is 10.1 Å². The fourth-order valence-electron chi connectivity index (χ4n) is 0.702. The van der Waals surface area contributed by atoms with E-state index in [-0.39, 0.29) is 0 Å². The number of carbonyl (C=O) groups is 1. The van der Waals surface area contributed by atoms with Crippen LogP contribution < -0.4 is 5.32 Å². The van der Waals surface area contributed by atoms with Gasteiger partial charge < -0.3 is 10.1 Å². The van der Waals surface area contributed by atoms with Gasteiger partial charge in [-0.15, -0.1) is 10.1 Å². The lowest BCUT2D eigenvalue weighted by Gasteiger charge is -2.11. The maximum atomic E-state index is 10.9. The Morgan fingerprint density at radius 3 is 2.79 bits per heavy atom. The number of carbonyl (C=O) groups excluding carboxylic acids is 1. The van der Waals surface area contributed by atoms with Gasteiger partial charge in [-0.25, -0.2) is 4.79 Å². The summed E-state index contributed by atoms with van der Waals surface area (Å²) in [6, 6.07) is 0. The molecule has 14 heavy (non-hydrogen) atoms. The van der Waals surface area contributed by atoms with Crippen molar-refractivity contribution in [2.45, 2.75) is 33.0 Å². The first-order chi connectivity index (χ1) is 6.56. The summed E-state index contributed by atoms with van der Waals surface area (Å²) in [6.45, 7) is 3.73. The van der Waals surface area contributed by atoms with Gasteiger partial charge in [0.2, 0.25) is 6.29 Å². The Labute approximate surface area is 81.5 Å². The van der Waals surface area contributed by atoms with E-state index in [2.05, 4.69) is 14.9 Å². The topological polar surface area (TPSA) is 90.7 Å². The lowest BCUT2D eigenvalue weighted by Crippen LogP contribution is -2.30. The normalized spacial score (nSPS) is 11.6. The first-order valence-electron chi connectivity index (χ1n) is 4.32. The molecule has 1 N–H and O–H groups in total. The SMILES string of the molecule is CCCCNC(=O)OC(C)O[N+](=O)[O-]. The lowest BCUT2D eigenvalue weighted by molar-refractivity contribution is -0.777. The van der Waals surface area contributed by atoms with Gasteiger partial charge in [0.15, 0.2) is 0 Å². The molecule has 1 atom stereocenters. The zero-order valence-corrected chi connectivity index (χ0v) is 8.19. The van der Waals surface area contributed by atoms with E-state index in [1.54, 1.807) is 0 Å².